The Kier molecular flexibility index (Phi) is 16.5. The van der Waals surface area contributed by atoms with Crippen LogP contribution in [0, 0.1) is 0 Å². The standard InChI is InChI=1S/C32H18N8.2C32H16N8.Ga.H2O.O.Ti/c3*1-2-10-18-17(9-1)25-33-26(18)38-28-21-13-5-6-14-22(21)30(35-28)40-32-24-16-8-7-15-23(24)31(36-32)39-29-20-12-4-3-11-19(20)27(34-29)37-25;;;;/h1-16H,(H2,33,34,35,36,37,38,39,40);2*1-16H;;1H2;;/q;2*-2;+2;;;+2. The summed E-state index contributed by atoms with van der Waals surface area (Å²) in [7, 11) is 0. The van der Waals surface area contributed by atoms with Gasteiger partial charge in [-0.3, -0.25) is 0 Å². The number of aromatic nitrogens is 18. The van der Waals surface area contributed by atoms with Gasteiger partial charge in [0.25, 0.3) is 0 Å². The summed E-state index contributed by atoms with van der Waals surface area (Å²) in [4.78, 5) is 107. The van der Waals surface area contributed by atoms with E-state index in [2.05, 4.69) is 89.3 Å². The third kappa shape index (κ3) is 11.4. The number of H-pyrrole nitrogens is 2. The summed E-state index contributed by atoms with van der Waals surface area (Å²) >= 11 is -0.818. The predicted molar refractivity (Wildman–Crippen MR) is 475 cm³/mol. The van der Waals surface area contributed by atoms with Crippen molar-refractivity contribution < 1.29 is 29.2 Å². The van der Waals surface area contributed by atoms with E-state index in [1.807, 2.05) is 218 Å². The van der Waals surface area contributed by atoms with Gasteiger partial charge in [-0.2, -0.15) is 0 Å². The van der Waals surface area contributed by atoms with Crippen molar-refractivity contribution in [3.8, 4) is 91.1 Å². The molecule has 12 aromatic carbocycles. The number of nitrogens with one attached hydrogen (secondary N) is 2. The van der Waals surface area contributed by atoms with Gasteiger partial charge >= 0.3 is 265 Å². The van der Waals surface area contributed by atoms with Crippen LogP contribution in [0.1, 0.15) is 22.3 Å². The molecule has 20 aromatic rings. The summed E-state index contributed by atoms with van der Waals surface area (Å²) in [5, 5.41) is 11.6. The van der Waals surface area contributed by atoms with E-state index < -0.39 is 17.9 Å². The average Bonchev–Trinajstić information content (AvgIpc) is 1.56. The Morgan fingerprint density at radius 2 is 0.427 bits per heavy atom. The molecule has 575 valence electrons. The monoisotopic (exact) mass is 1690 g/mol. The predicted octanol–water partition coefficient (Wildman–Crippen LogP) is 16.5. The minimum absolute atomic E-state index is 0. The van der Waals surface area contributed by atoms with Crippen LogP contribution in [0.3, 0.4) is 0 Å². The van der Waals surface area contributed by atoms with E-state index in [1.165, 1.54) is 0 Å². The van der Waals surface area contributed by atoms with E-state index in [-0.39, 0.29) is 5.48 Å². The second kappa shape index (κ2) is 28.5. The molecule has 8 aromatic heterocycles. The first-order valence-corrected chi connectivity index (χ1v) is 42.3. The van der Waals surface area contributed by atoms with Gasteiger partial charge in [-0.15, -0.1) is 0 Å². The molecule has 8 aliphatic heterocycles. The Morgan fingerprint density at radius 3 is 0.694 bits per heavy atom. The number of benzene rings is 12. The molecule has 0 aliphatic carbocycles. The van der Waals surface area contributed by atoms with Crippen molar-refractivity contribution in [1.29, 1.82) is 0 Å². The molecule has 0 amide bonds. The molecule has 0 spiro atoms. The van der Waals surface area contributed by atoms with E-state index >= 15 is 0 Å². The van der Waals surface area contributed by atoms with Crippen LogP contribution >= 0.6 is 0 Å². The van der Waals surface area contributed by atoms with Crippen molar-refractivity contribution in [3.05, 3.63) is 324 Å². The first-order valence-electron chi connectivity index (χ1n) is 39.5. The molecule has 0 saturated carbocycles. The molecule has 22 bridgehead atoms. The van der Waals surface area contributed by atoms with Gasteiger partial charge in [-0.05, 0) is 21.5 Å². The molecule has 16 heterocycles. The topological polar surface area (TPSA) is 347 Å². The Balaban J connectivity index is 0.000000103. The zero-order valence-corrected chi connectivity index (χ0v) is 68.5. The minimum atomic E-state index is -1.57. The van der Waals surface area contributed by atoms with Crippen LogP contribution in [0.5, 0.6) is 0 Å². The van der Waals surface area contributed by atoms with E-state index in [1.54, 1.807) is 0 Å². The quantitative estimate of drug-likeness (QED) is 0.133. The molecule has 0 saturated heterocycles. The third-order valence-corrected chi connectivity index (χ3v) is 25.9. The van der Waals surface area contributed by atoms with Crippen molar-refractivity contribution in [2.75, 3.05) is 0 Å². The molecule has 26 nitrogen and oxygen atoms in total. The second-order valence-corrected chi connectivity index (χ2v) is 32.4. The van der Waals surface area contributed by atoms with Gasteiger partial charge in [0.15, 0.2) is 23.3 Å². The van der Waals surface area contributed by atoms with Crippen LogP contribution in [-0.4, -0.2) is 123 Å². The van der Waals surface area contributed by atoms with E-state index in [0.717, 1.165) is 174 Å². The second-order valence-electron chi connectivity index (χ2n) is 29.8. The van der Waals surface area contributed by atoms with Gasteiger partial charge in [0, 0.05) is 88.6 Å². The normalized spacial score (nSPS) is 12.9. The van der Waals surface area contributed by atoms with Crippen LogP contribution in [0.2, 0.25) is 0 Å². The Hall–Kier alpha value is -16.2. The molecular weight excluding hydrogens is 1640 g/mol. The number of aliphatic imine (C=N–C) groups is 4. The summed E-state index contributed by atoms with van der Waals surface area (Å²) in [6.45, 7) is 0. The molecule has 4 N–H and O–H groups in total. The van der Waals surface area contributed by atoms with Crippen molar-refractivity contribution in [1.82, 2.24) is 86.3 Å². The van der Waals surface area contributed by atoms with Gasteiger partial charge in [0.2, 0.25) is 0 Å². The van der Waals surface area contributed by atoms with Crippen molar-refractivity contribution in [3.63, 3.8) is 0 Å². The van der Waals surface area contributed by atoms with Crippen molar-refractivity contribution in [2.45, 2.75) is 0 Å². The summed E-state index contributed by atoms with van der Waals surface area (Å²) in [6, 6.07) is 97.2. The van der Waals surface area contributed by atoms with Gasteiger partial charge < -0.3 is 45.3 Å². The van der Waals surface area contributed by atoms with Gasteiger partial charge in [0.05, 0.1) is 23.3 Å². The number of hydrogen-bond acceptors (Lipinski definition) is 19. The van der Waals surface area contributed by atoms with Crippen LogP contribution in [0.25, 0.3) is 201 Å². The first-order chi connectivity index (χ1) is 60.9. The fourth-order valence-corrected chi connectivity index (χ4v) is 20.3. The Morgan fingerprint density at radius 1 is 0.218 bits per heavy atom. The number of aromatic amines is 2. The van der Waals surface area contributed by atoms with Crippen LogP contribution in [0.15, 0.2) is 321 Å². The van der Waals surface area contributed by atoms with Crippen molar-refractivity contribution >= 4 is 163 Å². The Bertz CT molecular complexity index is 7660. The number of hydrogen-bond donors (Lipinski definition) is 2. The maximum absolute atomic E-state index is 8.25. The van der Waals surface area contributed by atoms with Gasteiger partial charge in [-0.1, -0.05) is 194 Å². The zero-order valence-electron chi connectivity index (χ0n) is 64.5. The Labute approximate surface area is 718 Å². The average molecular weight is 1690 g/mol. The summed E-state index contributed by atoms with van der Waals surface area (Å²) in [5.41, 5.74) is 17.9. The van der Waals surface area contributed by atoms with Crippen LogP contribution in [0.4, 0.5) is 11.6 Å². The SMILES string of the molecule is O.[O]=[Ti+2].c1ccc2c(c1)-c1nc-2nc2[n-]c(nc3nc(nc4[n-]c(n1)c1ccccc41)-c1ccccc1-3)c1ccccc21.c1ccc2c(c1)-c1nc-2nc2[nH]c(nc3nc(nc4[nH]c(n1)c1ccccc41)-c1ccccc1-3)c1ccccc21.c1ccc2c(c1)C1=NC2=Nc2c3ccccc3c3[n]2[Ga][n]2c(c4ccccc4c2=NC2=NC(=N3)c3ccccc32)=N1. The van der Waals surface area contributed by atoms with E-state index in [4.69, 9.17) is 103 Å². The molecule has 0 unspecified atom stereocenters. The molecule has 28 heteroatoms. The molecule has 124 heavy (non-hydrogen) atoms. The zero-order chi connectivity index (χ0) is 81.1. The number of amidine groups is 4. The fourth-order valence-electron chi connectivity index (χ4n) is 17.2. The van der Waals surface area contributed by atoms with E-state index in [0.29, 0.717) is 115 Å². The number of nitrogens with zero attached hydrogens (tertiary/aromatic N) is 22. The number of rotatable bonds is 0. The van der Waals surface area contributed by atoms with Gasteiger partial charge in [-0.25, -0.2) is 39.9 Å². The fraction of sp³-hybridized carbons (Fsp3) is 0. The summed E-state index contributed by atoms with van der Waals surface area (Å²) in [6.07, 6.45) is 0. The van der Waals surface area contributed by atoms with Crippen LogP contribution in [-0.2, 0) is 23.7 Å². The molecule has 1 radical (unpaired) electrons. The summed E-state index contributed by atoms with van der Waals surface area (Å²) < 4.78 is 12.9. The molecular formula is C96H52GaN24O2Ti. The van der Waals surface area contributed by atoms with Crippen molar-refractivity contribution in [2.24, 2.45) is 30.0 Å². The number of fused-ring (bicyclic) bond motifs is 54. The molecule has 8 aliphatic rings. The van der Waals surface area contributed by atoms with Gasteiger partial charge in [0.1, 0.15) is 22.6 Å². The van der Waals surface area contributed by atoms with Crippen LogP contribution < -0.4 is 20.9 Å². The first kappa shape index (κ1) is 71.9. The summed E-state index contributed by atoms with van der Waals surface area (Å²) in [5.74, 6) is 9.02. The molecule has 0 atom stereocenters. The maximum atomic E-state index is 8.25. The molecule has 0 fully saturated rings. The van der Waals surface area contributed by atoms with E-state index in [9.17, 15) is 0 Å². The molecule has 28 rings (SSSR count). The third-order valence-electron chi connectivity index (χ3n) is 22.8.